The first-order valence-corrected chi connectivity index (χ1v) is 8.52. The first-order valence-electron chi connectivity index (χ1n) is 8.52. The number of likely N-dealkylation sites (tertiary alicyclic amines) is 1. The van der Waals surface area contributed by atoms with Gasteiger partial charge in [-0.25, -0.2) is 9.67 Å². The Balaban J connectivity index is 1.42. The number of nitrogens with one attached hydrogen (secondary N) is 1. The SMILES string of the molecule is O=C(c1ncn(-c2ccccc2)n1)N1CCC(N2CCNCC2)C1. The molecule has 2 aliphatic rings. The van der Waals surface area contributed by atoms with Gasteiger partial charge in [0.2, 0.25) is 5.82 Å². The van der Waals surface area contributed by atoms with E-state index in [1.54, 1.807) is 11.0 Å². The molecule has 2 aromatic rings. The van der Waals surface area contributed by atoms with Crippen LogP contribution in [0.4, 0.5) is 0 Å². The quantitative estimate of drug-likeness (QED) is 0.884. The molecule has 4 rings (SSSR count). The third-order valence-corrected chi connectivity index (χ3v) is 4.82. The molecule has 1 aromatic heterocycles. The molecule has 7 nitrogen and oxygen atoms in total. The molecule has 7 heteroatoms. The lowest BCUT2D eigenvalue weighted by Crippen LogP contribution is -2.49. The molecule has 1 aromatic carbocycles. The van der Waals surface area contributed by atoms with E-state index < -0.39 is 0 Å². The van der Waals surface area contributed by atoms with Gasteiger partial charge in [0.05, 0.1) is 5.69 Å². The predicted molar refractivity (Wildman–Crippen MR) is 90.1 cm³/mol. The van der Waals surface area contributed by atoms with Crippen molar-refractivity contribution in [2.45, 2.75) is 12.5 Å². The van der Waals surface area contributed by atoms with Crippen LogP contribution in [0.25, 0.3) is 5.69 Å². The highest BCUT2D eigenvalue weighted by atomic mass is 16.2. The van der Waals surface area contributed by atoms with Gasteiger partial charge >= 0.3 is 0 Å². The predicted octanol–water partition coefficient (Wildman–Crippen LogP) is 0.387. The lowest BCUT2D eigenvalue weighted by Gasteiger charge is -2.32. The normalized spacial score (nSPS) is 22.0. The number of hydrogen-bond acceptors (Lipinski definition) is 5. The second-order valence-electron chi connectivity index (χ2n) is 6.33. The highest BCUT2D eigenvalue weighted by molar-refractivity contribution is 5.90. The smallest absolute Gasteiger partial charge is 0.293 e. The number of piperazine rings is 1. The molecule has 2 saturated heterocycles. The van der Waals surface area contributed by atoms with Crippen LogP contribution >= 0.6 is 0 Å². The Morgan fingerprint density at radius 3 is 2.71 bits per heavy atom. The minimum Gasteiger partial charge on any atom is -0.334 e. The van der Waals surface area contributed by atoms with Crippen molar-refractivity contribution in [1.82, 2.24) is 29.9 Å². The van der Waals surface area contributed by atoms with Crippen LogP contribution in [0.2, 0.25) is 0 Å². The molecule has 0 saturated carbocycles. The average molecular weight is 326 g/mol. The Morgan fingerprint density at radius 2 is 1.92 bits per heavy atom. The second kappa shape index (κ2) is 6.70. The molecule has 1 atom stereocenters. The average Bonchev–Trinajstić information content (AvgIpc) is 3.33. The minimum absolute atomic E-state index is 0.0673. The number of benzene rings is 1. The molecule has 1 unspecified atom stereocenters. The molecule has 1 N–H and O–H groups in total. The Morgan fingerprint density at radius 1 is 1.12 bits per heavy atom. The summed E-state index contributed by atoms with van der Waals surface area (Å²) < 4.78 is 1.65. The van der Waals surface area contributed by atoms with Crippen LogP contribution in [0, 0.1) is 0 Å². The molecule has 0 spiro atoms. The lowest BCUT2D eigenvalue weighted by atomic mass is 10.2. The number of carbonyl (C=O) groups is 1. The fourth-order valence-corrected chi connectivity index (χ4v) is 3.48. The summed E-state index contributed by atoms with van der Waals surface area (Å²) in [7, 11) is 0. The third-order valence-electron chi connectivity index (χ3n) is 4.82. The van der Waals surface area contributed by atoms with E-state index in [4.69, 9.17) is 0 Å². The molecule has 0 bridgehead atoms. The summed E-state index contributed by atoms with van der Waals surface area (Å²) in [5, 5.41) is 7.72. The van der Waals surface area contributed by atoms with Crippen LogP contribution in [-0.2, 0) is 0 Å². The van der Waals surface area contributed by atoms with Gasteiger partial charge in [0.15, 0.2) is 0 Å². The van der Waals surface area contributed by atoms with Gasteiger partial charge in [-0.1, -0.05) is 18.2 Å². The van der Waals surface area contributed by atoms with Gasteiger partial charge in [0.25, 0.3) is 5.91 Å². The van der Waals surface area contributed by atoms with Crippen LogP contribution < -0.4 is 5.32 Å². The van der Waals surface area contributed by atoms with Gasteiger partial charge in [-0.3, -0.25) is 9.69 Å². The monoisotopic (exact) mass is 326 g/mol. The molecule has 3 heterocycles. The molecule has 0 radical (unpaired) electrons. The number of para-hydroxylation sites is 1. The number of rotatable bonds is 3. The summed E-state index contributed by atoms with van der Waals surface area (Å²) in [4.78, 5) is 21.3. The summed E-state index contributed by atoms with van der Waals surface area (Å²) >= 11 is 0. The summed E-state index contributed by atoms with van der Waals surface area (Å²) in [5.74, 6) is 0.210. The molecule has 24 heavy (non-hydrogen) atoms. The van der Waals surface area contributed by atoms with Crippen LogP contribution in [0.1, 0.15) is 17.0 Å². The van der Waals surface area contributed by atoms with E-state index >= 15 is 0 Å². The minimum atomic E-state index is -0.0673. The number of aromatic nitrogens is 3. The van der Waals surface area contributed by atoms with Gasteiger partial charge in [0, 0.05) is 45.3 Å². The van der Waals surface area contributed by atoms with Gasteiger partial charge < -0.3 is 10.2 Å². The largest absolute Gasteiger partial charge is 0.334 e. The topological polar surface area (TPSA) is 66.3 Å². The van der Waals surface area contributed by atoms with Crippen molar-refractivity contribution in [3.05, 3.63) is 42.5 Å². The molecule has 126 valence electrons. The van der Waals surface area contributed by atoms with E-state index in [1.165, 1.54) is 0 Å². The zero-order valence-electron chi connectivity index (χ0n) is 13.6. The number of amides is 1. The summed E-state index contributed by atoms with van der Waals surface area (Å²) in [6.45, 7) is 5.76. The van der Waals surface area contributed by atoms with Gasteiger partial charge in [-0.15, -0.1) is 5.10 Å². The maximum absolute atomic E-state index is 12.7. The highest BCUT2D eigenvalue weighted by Crippen LogP contribution is 2.18. The molecular formula is C17H22N6O. The maximum Gasteiger partial charge on any atom is 0.293 e. The Kier molecular flexibility index (Phi) is 4.27. The van der Waals surface area contributed by atoms with Crippen LogP contribution in [0.5, 0.6) is 0 Å². The lowest BCUT2D eigenvalue weighted by molar-refractivity contribution is 0.0761. The maximum atomic E-state index is 12.7. The third kappa shape index (κ3) is 3.05. The van der Waals surface area contributed by atoms with E-state index in [0.717, 1.165) is 51.4 Å². The number of carbonyl (C=O) groups excluding carboxylic acids is 1. The summed E-state index contributed by atoms with van der Waals surface area (Å²) in [6.07, 6.45) is 2.64. The van der Waals surface area contributed by atoms with Crippen molar-refractivity contribution < 1.29 is 4.79 Å². The Hall–Kier alpha value is -2.25. The Bertz CT molecular complexity index is 694. The first-order chi connectivity index (χ1) is 11.8. The van der Waals surface area contributed by atoms with E-state index in [0.29, 0.717) is 6.04 Å². The van der Waals surface area contributed by atoms with Gasteiger partial charge in [0.1, 0.15) is 6.33 Å². The van der Waals surface area contributed by atoms with Crippen molar-refractivity contribution >= 4 is 5.91 Å². The van der Waals surface area contributed by atoms with E-state index in [1.807, 2.05) is 35.2 Å². The standard InChI is InChI=1S/C17H22N6O/c24-17(16-19-13-23(20-16)14-4-2-1-3-5-14)22-9-6-15(12-22)21-10-7-18-8-11-21/h1-5,13,15,18H,6-12H2. The summed E-state index contributed by atoms with van der Waals surface area (Å²) in [5.41, 5.74) is 0.907. The zero-order chi connectivity index (χ0) is 16.4. The van der Waals surface area contributed by atoms with Gasteiger partial charge in [-0.05, 0) is 18.6 Å². The van der Waals surface area contributed by atoms with Crippen LogP contribution in [-0.4, -0.2) is 75.8 Å². The van der Waals surface area contributed by atoms with Crippen molar-refractivity contribution in [3.63, 3.8) is 0 Å². The molecular weight excluding hydrogens is 304 g/mol. The van der Waals surface area contributed by atoms with Crippen molar-refractivity contribution in [2.24, 2.45) is 0 Å². The zero-order valence-corrected chi connectivity index (χ0v) is 13.6. The van der Waals surface area contributed by atoms with Crippen molar-refractivity contribution in [2.75, 3.05) is 39.3 Å². The number of hydrogen-bond donors (Lipinski definition) is 1. The molecule has 2 fully saturated rings. The summed E-state index contributed by atoms with van der Waals surface area (Å²) in [6, 6.07) is 10.2. The van der Waals surface area contributed by atoms with Crippen molar-refractivity contribution in [3.8, 4) is 5.69 Å². The fraction of sp³-hybridized carbons (Fsp3) is 0.471. The van der Waals surface area contributed by atoms with Gasteiger partial charge in [-0.2, -0.15) is 0 Å². The highest BCUT2D eigenvalue weighted by Gasteiger charge is 2.32. The molecule has 2 aliphatic heterocycles. The van der Waals surface area contributed by atoms with E-state index in [2.05, 4.69) is 20.3 Å². The fourth-order valence-electron chi connectivity index (χ4n) is 3.48. The molecule has 1 amide bonds. The van der Waals surface area contributed by atoms with Crippen LogP contribution in [0.15, 0.2) is 36.7 Å². The van der Waals surface area contributed by atoms with E-state index in [-0.39, 0.29) is 11.7 Å². The first kappa shape index (κ1) is 15.3. The van der Waals surface area contributed by atoms with Crippen molar-refractivity contribution in [1.29, 1.82) is 0 Å². The molecule has 0 aliphatic carbocycles. The Labute approximate surface area is 141 Å². The van der Waals surface area contributed by atoms with Crippen LogP contribution in [0.3, 0.4) is 0 Å². The second-order valence-corrected chi connectivity index (χ2v) is 6.33. The number of nitrogens with zero attached hydrogens (tertiary/aromatic N) is 5. The van der Waals surface area contributed by atoms with E-state index in [9.17, 15) is 4.79 Å².